The van der Waals surface area contributed by atoms with Gasteiger partial charge in [-0.1, -0.05) is 12.1 Å². The number of aryl methyl sites for hydroxylation is 1. The van der Waals surface area contributed by atoms with Gasteiger partial charge >= 0.3 is 0 Å². The van der Waals surface area contributed by atoms with Crippen molar-refractivity contribution in [3.8, 4) is 5.75 Å². The van der Waals surface area contributed by atoms with Crippen LogP contribution in [0, 0.1) is 0 Å². The van der Waals surface area contributed by atoms with Gasteiger partial charge in [-0.05, 0) is 42.8 Å². The molecule has 1 heterocycles. The number of carbonyl (C=O) groups is 2. The molecular weight excluding hydrogens is 356 g/mol. The number of aromatic nitrogens is 2. The number of nitrogens with zero attached hydrogens (tertiary/aromatic N) is 2. The zero-order valence-corrected chi connectivity index (χ0v) is 15.6. The van der Waals surface area contributed by atoms with Crippen molar-refractivity contribution >= 4 is 23.2 Å². The first-order valence-corrected chi connectivity index (χ1v) is 8.96. The molecule has 2 amide bonds. The highest BCUT2D eigenvalue weighted by atomic mass is 16.5. The van der Waals surface area contributed by atoms with Crippen LogP contribution >= 0.6 is 0 Å². The van der Waals surface area contributed by atoms with Crippen molar-refractivity contribution in [2.45, 2.75) is 19.4 Å². The summed E-state index contributed by atoms with van der Waals surface area (Å²) in [6.45, 7) is 0.715. The lowest BCUT2D eigenvalue weighted by Crippen LogP contribution is -2.18. The zero-order valence-electron chi connectivity index (χ0n) is 15.6. The van der Waals surface area contributed by atoms with Crippen molar-refractivity contribution in [1.29, 1.82) is 0 Å². The minimum Gasteiger partial charge on any atom is -0.497 e. The van der Waals surface area contributed by atoms with E-state index in [-0.39, 0.29) is 11.8 Å². The van der Waals surface area contributed by atoms with E-state index in [4.69, 9.17) is 4.74 Å². The minimum absolute atomic E-state index is 0.134. The third-order valence-corrected chi connectivity index (χ3v) is 4.17. The molecule has 0 saturated carbocycles. The van der Waals surface area contributed by atoms with Gasteiger partial charge in [0.05, 0.1) is 24.7 Å². The summed E-state index contributed by atoms with van der Waals surface area (Å²) in [6, 6.07) is 14.0. The van der Waals surface area contributed by atoms with Gasteiger partial charge in [-0.2, -0.15) is 0 Å². The van der Waals surface area contributed by atoms with E-state index in [0.29, 0.717) is 42.1 Å². The quantitative estimate of drug-likeness (QED) is 0.628. The Morgan fingerprint density at radius 3 is 2.57 bits per heavy atom. The van der Waals surface area contributed by atoms with Crippen molar-refractivity contribution in [3.63, 3.8) is 0 Å². The Morgan fingerprint density at radius 2 is 1.86 bits per heavy atom. The lowest BCUT2D eigenvalue weighted by Gasteiger charge is -2.12. The van der Waals surface area contributed by atoms with Crippen LogP contribution < -0.4 is 15.4 Å². The maximum Gasteiger partial charge on any atom is 0.257 e. The highest BCUT2D eigenvalue weighted by Crippen LogP contribution is 2.19. The molecule has 0 bridgehead atoms. The number of methoxy groups -OCH3 is 1. The smallest absolute Gasteiger partial charge is 0.257 e. The fourth-order valence-electron chi connectivity index (χ4n) is 2.72. The number of anilines is 2. The van der Waals surface area contributed by atoms with Crippen LogP contribution in [0.25, 0.3) is 0 Å². The third-order valence-electron chi connectivity index (χ3n) is 4.17. The summed E-state index contributed by atoms with van der Waals surface area (Å²) in [5.74, 6) is 0.283. The molecule has 144 valence electrons. The normalized spacial score (nSPS) is 10.3. The van der Waals surface area contributed by atoms with Crippen LogP contribution in [0.4, 0.5) is 11.4 Å². The number of para-hydroxylation sites is 1. The molecule has 2 aromatic carbocycles. The summed E-state index contributed by atoms with van der Waals surface area (Å²) in [6.07, 6.45) is 6.32. The number of rotatable bonds is 8. The van der Waals surface area contributed by atoms with Crippen molar-refractivity contribution in [2.24, 2.45) is 0 Å². The van der Waals surface area contributed by atoms with Gasteiger partial charge in [0.25, 0.3) is 5.91 Å². The van der Waals surface area contributed by atoms with E-state index in [1.807, 2.05) is 10.8 Å². The van der Waals surface area contributed by atoms with Gasteiger partial charge in [0.15, 0.2) is 0 Å². The van der Waals surface area contributed by atoms with Gasteiger partial charge in [0.2, 0.25) is 5.91 Å². The van der Waals surface area contributed by atoms with Crippen LogP contribution in [0.15, 0.2) is 67.3 Å². The van der Waals surface area contributed by atoms with Gasteiger partial charge in [0, 0.05) is 31.0 Å². The number of hydrogen-bond donors (Lipinski definition) is 2. The van der Waals surface area contributed by atoms with Gasteiger partial charge in [0.1, 0.15) is 5.75 Å². The lowest BCUT2D eigenvalue weighted by molar-refractivity contribution is -0.116. The molecule has 0 aliphatic carbocycles. The molecule has 0 radical (unpaired) electrons. The Balaban J connectivity index is 1.59. The Morgan fingerprint density at radius 1 is 1.07 bits per heavy atom. The van der Waals surface area contributed by atoms with E-state index in [0.717, 1.165) is 0 Å². The van der Waals surface area contributed by atoms with Crippen molar-refractivity contribution in [3.05, 3.63) is 72.8 Å². The summed E-state index contributed by atoms with van der Waals surface area (Å²) in [5, 5.41) is 5.66. The summed E-state index contributed by atoms with van der Waals surface area (Å²) in [4.78, 5) is 28.9. The average molecular weight is 378 g/mol. The molecule has 0 fully saturated rings. The largest absolute Gasteiger partial charge is 0.497 e. The van der Waals surface area contributed by atoms with E-state index in [2.05, 4.69) is 15.6 Å². The molecule has 7 heteroatoms. The Bertz CT molecular complexity index is 921. The number of amides is 2. The van der Waals surface area contributed by atoms with E-state index in [1.165, 1.54) is 0 Å². The fraction of sp³-hybridized carbons (Fsp3) is 0.190. The average Bonchev–Trinajstić information content (AvgIpc) is 3.22. The molecule has 1 aromatic heterocycles. The lowest BCUT2D eigenvalue weighted by atomic mass is 10.1. The molecule has 0 spiro atoms. The number of carbonyl (C=O) groups excluding carboxylic acids is 2. The summed E-state index contributed by atoms with van der Waals surface area (Å²) in [7, 11) is 1.59. The molecule has 0 aliphatic rings. The predicted octanol–water partition coefficient (Wildman–Crippen LogP) is 3.56. The van der Waals surface area contributed by atoms with Crippen LogP contribution in [-0.4, -0.2) is 28.5 Å². The highest BCUT2D eigenvalue weighted by molar-refractivity contribution is 6.10. The molecule has 0 unspecified atom stereocenters. The summed E-state index contributed by atoms with van der Waals surface area (Å²) < 4.78 is 7.03. The molecule has 2 N–H and O–H groups in total. The van der Waals surface area contributed by atoms with E-state index in [1.54, 1.807) is 68.2 Å². The number of imidazole rings is 1. The standard InChI is InChI=1S/C21H22N4O3/c1-28-17-10-8-16(9-11-17)23-21(27)18-5-2-3-6-19(18)24-20(26)7-4-13-25-14-12-22-15-25/h2-3,5-6,8-12,14-15H,4,7,13H2,1H3,(H,23,27)(H,24,26). The van der Waals surface area contributed by atoms with Crippen LogP contribution in [0.3, 0.4) is 0 Å². The number of hydrogen-bond acceptors (Lipinski definition) is 4. The Labute approximate surface area is 163 Å². The monoisotopic (exact) mass is 378 g/mol. The molecule has 28 heavy (non-hydrogen) atoms. The second kappa shape index (κ2) is 9.36. The summed E-state index contributed by atoms with van der Waals surface area (Å²) in [5.41, 5.74) is 1.54. The predicted molar refractivity (Wildman–Crippen MR) is 107 cm³/mol. The Hall–Kier alpha value is -3.61. The fourth-order valence-corrected chi connectivity index (χ4v) is 2.72. The van der Waals surface area contributed by atoms with Crippen molar-refractivity contribution in [2.75, 3.05) is 17.7 Å². The number of benzene rings is 2. The van der Waals surface area contributed by atoms with Crippen molar-refractivity contribution in [1.82, 2.24) is 9.55 Å². The topological polar surface area (TPSA) is 85.3 Å². The SMILES string of the molecule is COc1ccc(NC(=O)c2ccccc2NC(=O)CCCn2ccnc2)cc1. The molecule has 0 atom stereocenters. The minimum atomic E-state index is -0.292. The van der Waals surface area contributed by atoms with E-state index >= 15 is 0 Å². The first-order valence-electron chi connectivity index (χ1n) is 8.96. The second-order valence-corrected chi connectivity index (χ2v) is 6.18. The molecule has 3 rings (SSSR count). The molecule has 3 aromatic rings. The van der Waals surface area contributed by atoms with E-state index < -0.39 is 0 Å². The molecule has 0 aliphatic heterocycles. The third kappa shape index (κ3) is 5.20. The van der Waals surface area contributed by atoms with Gasteiger partial charge in [-0.3, -0.25) is 9.59 Å². The molecular formula is C21H22N4O3. The second-order valence-electron chi connectivity index (χ2n) is 6.18. The first-order chi connectivity index (χ1) is 13.7. The van der Waals surface area contributed by atoms with Gasteiger partial charge < -0.3 is 19.9 Å². The Kier molecular flexibility index (Phi) is 6.41. The first kappa shape index (κ1) is 19.2. The number of ether oxygens (including phenoxy) is 1. The van der Waals surface area contributed by atoms with Gasteiger partial charge in [-0.15, -0.1) is 0 Å². The van der Waals surface area contributed by atoms with Crippen LogP contribution in [-0.2, 0) is 11.3 Å². The maximum atomic E-state index is 12.6. The molecule has 0 saturated heterocycles. The molecule has 7 nitrogen and oxygen atoms in total. The van der Waals surface area contributed by atoms with Crippen LogP contribution in [0.5, 0.6) is 5.75 Å². The number of nitrogens with one attached hydrogen (secondary N) is 2. The van der Waals surface area contributed by atoms with E-state index in [9.17, 15) is 9.59 Å². The van der Waals surface area contributed by atoms with Crippen LogP contribution in [0.1, 0.15) is 23.2 Å². The zero-order chi connectivity index (χ0) is 19.8. The summed E-state index contributed by atoms with van der Waals surface area (Å²) >= 11 is 0. The highest BCUT2D eigenvalue weighted by Gasteiger charge is 2.13. The van der Waals surface area contributed by atoms with Crippen LogP contribution in [0.2, 0.25) is 0 Å². The maximum absolute atomic E-state index is 12.6. The van der Waals surface area contributed by atoms with Gasteiger partial charge in [-0.25, -0.2) is 4.98 Å². The van der Waals surface area contributed by atoms with Crippen molar-refractivity contribution < 1.29 is 14.3 Å².